The van der Waals surface area contributed by atoms with E-state index < -0.39 is 0 Å². The zero-order valence-electron chi connectivity index (χ0n) is 10.4. The van der Waals surface area contributed by atoms with Gasteiger partial charge in [0.15, 0.2) is 11.6 Å². The summed E-state index contributed by atoms with van der Waals surface area (Å²) in [5.41, 5.74) is 0. The van der Waals surface area contributed by atoms with Crippen molar-refractivity contribution >= 4 is 17.5 Å². The van der Waals surface area contributed by atoms with Crippen molar-refractivity contribution in [2.75, 3.05) is 23.3 Å². The van der Waals surface area contributed by atoms with Gasteiger partial charge in [0.25, 0.3) is 0 Å². The average Bonchev–Trinajstić information content (AvgIpc) is 2.81. The van der Waals surface area contributed by atoms with Crippen LogP contribution in [0.25, 0.3) is 0 Å². The minimum absolute atomic E-state index is 0.0875. The van der Waals surface area contributed by atoms with E-state index in [1.54, 1.807) is 0 Å². The van der Waals surface area contributed by atoms with Crippen molar-refractivity contribution in [3.63, 3.8) is 0 Å². The maximum atomic E-state index is 11.7. The summed E-state index contributed by atoms with van der Waals surface area (Å²) in [7, 11) is 0. The highest BCUT2D eigenvalue weighted by molar-refractivity contribution is 5.92. The summed E-state index contributed by atoms with van der Waals surface area (Å²) >= 11 is 0. The second-order valence-corrected chi connectivity index (χ2v) is 5.09. The number of carbonyl (C=O) groups is 1. The number of nitrogens with zero attached hydrogens (tertiary/aromatic N) is 3. The SMILES string of the molecule is O=C(Nc1ccc(N2CCCC2)nn1)C1CCC1. The maximum absolute atomic E-state index is 11.7. The normalized spacial score (nSPS) is 19.7. The van der Waals surface area contributed by atoms with E-state index >= 15 is 0 Å². The van der Waals surface area contributed by atoms with Crippen LogP contribution in [0.5, 0.6) is 0 Å². The number of carbonyl (C=O) groups excluding carboxylic acids is 1. The highest BCUT2D eigenvalue weighted by Gasteiger charge is 2.25. The molecule has 2 fully saturated rings. The molecule has 96 valence electrons. The van der Waals surface area contributed by atoms with E-state index in [2.05, 4.69) is 20.4 Å². The van der Waals surface area contributed by atoms with Gasteiger partial charge in [0.05, 0.1) is 0 Å². The molecule has 18 heavy (non-hydrogen) atoms. The lowest BCUT2D eigenvalue weighted by Crippen LogP contribution is -2.28. The zero-order valence-corrected chi connectivity index (χ0v) is 10.4. The van der Waals surface area contributed by atoms with Crippen molar-refractivity contribution in [3.05, 3.63) is 12.1 Å². The van der Waals surface area contributed by atoms with E-state index in [-0.39, 0.29) is 11.8 Å². The lowest BCUT2D eigenvalue weighted by atomic mass is 9.85. The van der Waals surface area contributed by atoms with Gasteiger partial charge in [-0.05, 0) is 37.8 Å². The molecule has 5 heteroatoms. The number of hydrogen-bond acceptors (Lipinski definition) is 4. The molecule has 0 bridgehead atoms. The molecule has 0 aromatic carbocycles. The fraction of sp³-hybridized carbons (Fsp3) is 0.615. The third-order valence-electron chi connectivity index (χ3n) is 3.81. The van der Waals surface area contributed by atoms with Crippen molar-refractivity contribution in [2.45, 2.75) is 32.1 Å². The molecule has 1 aromatic rings. The van der Waals surface area contributed by atoms with Crippen LogP contribution < -0.4 is 10.2 Å². The van der Waals surface area contributed by atoms with E-state index in [0.717, 1.165) is 38.2 Å². The molecule has 1 saturated carbocycles. The molecule has 2 heterocycles. The number of amides is 1. The van der Waals surface area contributed by atoms with Crippen LogP contribution in [-0.2, 0) is 4.79 Å². The molecule has 5 nitrogen and oxygen atoms in total. The molecule has 1 aliphatic heterocycles. The van der Waals surface area contributed by atoms with Crippen LogP contribution in [-0.4, -0.2) is 29.2 Å². The first-order valence-corrected chi connectivity index (χ1v) is 6.72. The van der Waals surface area contributed by atoms with Gasteiger partial charge in [0, 0.05) is 19.0 Å². The monoisotopic (exact) mass is 246 g/mol. The Morgan fingerprint density at radius 1 is 1.17 bits per heavy atom. The Labute approximate surface area is 107 Å². The Bertz CT molecular complexity index is 421. The van der Waals surface area contributed by atoms with Gasteiger partial charge >= 0.3 is 0 Å². The zero-order chi connectivity index (χ0) is 12.4. The quantitative estimate of drug-likeness (QED) is 0.883. The average molecular weight is 246 g/mol. The number of rotatable bonds is 3. The highest BCUT2D eigenvalue weighted by Crippen LogP contribution is 2.27. The van der Waals surface area contributed by atoms with Crippen LogP contribution in [0.1, 0.15) is 32.1 Å². The summed E-state index contributed by atoms with van der Waals surface area (Å²) in [4.78, 5) is 14.0. The maximum Gasteiger partial charge on any atom is 0.228 e. The summed E-state index contributed by atoms with van der Waals surface area (Å²) in [6.07, 6.45) is 5.62. The lowest BCUT2D eigenvalue weighted by Gasteiger charge is -2.23. The number of anilines is 2. The standard InChI is InChI=1S/C13H18N4O/c18-13(10-4-3-5-10)14-11-6-7-12(16-15-11)17-8-1-2-9-17/h6-7,10H,1-5,8-9H2,(H,14,15,18). The molecule has 0 atom stereocenters. The van der Waals surface area contributed by atoms with Crippen LogP contribution in [0.3, 0.4) is 0 Å². The summed E-state index contributed by atoms with van der Waals surface area (Å²) < 4.78 is 0. The Kier molecular flexibility index (Phi) is 3.13. The number of aromatic nitrogens is 2. The summed E-state index contributed by atoms with van der Waals surface area (Å²) in [5.74, 6) is 1.75. The Balaban J connectivity index is 1.61. The highest BCUT2D eigenvalue weighted by atomic mass is 16.2. The Morgan fingerprint density at radius 3 is 2.50 bits per heavy atom. The third kappa shape index (κ3) is 2.30. The molecular formula is C13H18N4O. The Hall–Kier alpha value is -1.65. The van der Waals surface area contributed by atoms with Gasteiger partial charge < -0.3 is 10.2 Å². The molecule has 2 aliphatic rings. The molecule has 1 aromatic heterocycles. The molecule has 0 unspecified atom stereocenters. The summed E-state index contributed by atoms with van der Waals surface area (Å²) in [6, 6.07) is 3.78. The van der Waals surface area contributed by atoms with E-state index in [0.29, 0.717) is 5.82 Å². The van der Waals surface area contributed by atoms with Gasteiger partial charge in [0.1, 0.15) is 0 Å². The molecular weight excluding hydrogens is 228 g/mol. The van der Waals surface area contributed by atoms with Crippen molar-refractivity contribution in [3.8, 4) is 0 Å². The van der Waals surface area contributed by atoms with E-state index in [4.69, 9.17) is 0 Å². The van der Waals surface area contributed by atoms with Crippen molar-refractivity contribution < 1.29 is 4.79 Å². The molecule has 1 aliphatic carbocycles. The first kappa shape index (κ1) is 11.4. The van der Waals surface area contributed by atoms with Crippen molar-refractivity contribution in [1.29, 1.82) is 0 Å². The minimum atomic E-state index is 0.0875. The van der Waals surface area contributed by atoms with Crippen LogP contribution >= 0.6 is 0 Å². The Morgan fingerprint density at radius 2 is 1.94 bits per heavy atom. The first-order valence-electron chi connectivity index (χ1n) is 6.72. The molecule has 3 rings (SSSR count). The number of nitrogens with one attached hydrogen (secondary N) is 1. The van der Waals surface area contributed by atoms with Crippen LogP contribution in [0.4, 0.5) is 11.6 Å². The molecule has 1 amide bonds. The first-order chi connectivity index (χ1) is 8.83. The van der Waals surface area contributed by atoms with Crippen LogP contribution in [0.15, 0.2) is 12.1 Å². The smallest absolute Gasteiger partial charge is 0.228 e. The van der Waals surface area contributed by atoms with E-state index in [1.165, 1.54) is 12.8 Å². The number of hydrogen-bond donors (Lipinski definition) is 1. The summed E-state index contributed by atoms with van der Waals surface area (Å²) in [6.45, 7) is 2.12. The fourth-order valence-electron chi connectivity index (χ4n) is 2.41. The second-order valence-electron chi connectivity index (χ2n) is 5.09. The van der Waals surface area contributed by atoms with Gasteiger partial charge in [-0.1, -0.05) is 6.42 Å². The molecule has 1 saturated heterocycles. The molecule has 1 N–H and O–H groups in total. The fourth-order valence-corrected chi connectivity index (χ4v) is 2.41. The third-order valence-corrected chi connectivity index (χ3v) is 3.81. The van der Waals surface area contributed by atoms with Gasteiger partial charge in [0.2, 0.25) is 5.91 Å². The second kappa shape index (κ2) is 4.92. The van der Waals surface area contributed by atoms with E-state index in [1.807, 2.05) is 12.1 Å². The molecule has 0 radical (unpaired) electrons. The van der Waals surface area contributed by atoms with Gasteiger partial charge in [-0.15, -0.1) is 10.2 Å². The molecule has 0 spiro atoms. The van der Waals surface area contributed by atoms with Gasteiger partial charge in [-0.3, -0.25) is 4.79 Å². The topological polar surface area (TPSA) is 58.1 Å². The van der Waals surface area contributed by atoms with Crippen molar-refractivity contribution in [2.24, 2.45) is 5.92 Å². The largest absolute Gasteiger partial charge is 0.355 e. The predicted octanol–water partition coefficient (Wildman–Crippen LogP) is 1.82. The van der Waals surface area contributed by atoms with Crippen LogP contribution in [0, 0.1) is 5.92 Å². The van der Waals surface area contributed by atoms with Gasteiger partial charge in [-0.25, -0.2) is 0 Å². The predicted molar refractivity (Wildman–Crippen MR) is 69.4 cm³/mol. The van der Waals surface area contributed by atoms with Crippen LogP contribution in [0.2, 0.25) is 0 Å². The lowest BCUT2D eigenvalue weighted by molar-refractivity contribution is -0.122. The summed E-state index contributed by atoms with van der Waals surface area (Å²) in [5, 5.41) is 11.1. The van der Waals surface area contributed by atoms with Gasteiger partial charge in [-0.2, -0.15) is 0 Å². The van der Waals surface area contributed by atoms with Crippen molar-refractivity contribution in [1.82, 2.24) is 10.2 Å². The van der Waals surface area contributed by atoms with E-state index in [9.17, 15) is 4.79 Å². The minimum Gasteiger partial charge on any atom is -0.355 e.